The number of nitrogens with zero attached hydrogens (tertiary/aromatic N) is 4. The third-order valence-corrected chi connectivity index (χ3v) is 4.49. The highest BCUT2D eigenvalue weighted by Gasteiger charge is 2.39. The number of rotatable bonds is 1. The van der Waals surface area contributed by atoms with Crippen LogP contribution in [0.2, 0.25) is 0 Å². The predicted molar refractivity (Wildman–Crippen MR) is 76.6 cm³/mol. The van der Waals surface area contributed by atoms with Crippen LogP contribution in [0, 0.1) is 5.41 Å². The predicted octanol–water partition coefficient (Wildman–Crippen LogP) is 2.03. The van der Waals surface area contributed by atoms with E-state index in [1.807, 2.05) is 6.07 Å². The smallest absolute Gasteiger partial charge is 0.180 e. The second-order valence-corrected chi connectivity index (χ2v) is 5.90. The molecule has 2 aromatic rings. The molecule has 0 aliphatic carbocycles. The van der Waals surface area contributed by atoms with Crippen molar-refractivity contribution < 1.29 is 4.74 Å². The van der Waals surface area contributed by atoms with Gasteiger partial charge in [-0.3, -0.25) is 4.98 Å². The Bertz CT molecular complexity index is 624. The monoisotopic (exact) mass is 270 g/mol. The molecule has 2 fully saturated rings. The van der Waals surface area contributed by atoms with Crippen molar-refractivity contribution in [3.8, 4) is 0 Å². The Morgan fingerprint density at radius 3 is 3.00 bits per heavy atom. The molecule has 0 N–H and O–H groups in total. The summed E-state index contributed by atoms with van der Waals surface area (Å²) in [6, 6.07) is 4.07. The zero-order chi connectivity index (χ0) is 13.4. The molecule has 2 aliphatic rings. The molecule has 4 heterocycles. The van der Waals surface area contributed by atoms with Crippen LogP contribution in [0.5, 0.6) is 0 Å². The van der Waals surface area contributed by atoms with Gasteiger partial charge in [0, 0.05) is 37.5 Å². The Balaban J connectivity index is 1.64. The number of hydrogen-bond donors (Lipinski definition) is 0. The maximum Gasteiger partial charge on any atom is 0.180 e. The number of fused-ring (bicyclic) bond motifs is 1. The Kier molecular flexibility index (Phi) is 2.80. The van der Waals surface area contributed by atoms with Crippen LogP contribution in [0.25, 0.3) is 11.2 Å². The summed E-state index contributed by atoms with van der Waals surface area (Å²) in [6.07, 6.45) is 7.06. The van der Waals surface area contributed by atoms with E-state index in [1.165, 1.54) is 19.3 Å². The average Bonchev–Trinajstić information content (AvgIpc) is 2.94. The lowest BCUT2D eigenvalue weighted by Crippen LogP contribution is -2.44. The van der Waals surface area contributed by atoms with Crippen LogP contribution in [0.1, 0.15) is 19.3 Å². The Hall–Kier alpha value is -1.75. The van der Waals surface area contributed by atoms with E-state index >= 15 is 0 Å². The van der Waals surface area contributed by atoms with Crippen LogP contribution < -0.4 is 4.90 Å². The maximum absolute atomic E-state index is 5.62. The van der Waals surface area contributed by atoms with E-state index < -0.39 is 0 Å². The number of aromatic nitrogens is 3. The Morgan fingerprint density at radius 1 is 1.15 bits per heavy atom. The lowest BCUT2D eigenvalue weighted by Gasteiger charge is -2.40. The van der Waals surface area contributed by atoms with Crippen LogP contribution in [0.4, 0.5) is 5.82 Å². The van der Waals surface area contributed by atoms with E-state index in [0.717, 1.165) is 43.3 Å². The zero-order valence-electron chi connectivity index (χ0n) is 11.5. The highest BCUT2D eigenvalue weighted by atomic mass is 16.5. The third kappa shape index (κ3) is 2.02. The van der Waals surface area contributed by atoms with Gasteiger partial charge in [-0.25, -0.2) is 9.97 Å². The SMILES string of the molecule is c1cnc2nc(N3CCCC4(CCOC4)C3)ccc2n1. The van der Waals surface area contributed by atoms with Gasteiger partial charge in [-0.05, 0) is 31.4 Å². The fourth-order valence-corrected chi connectivity index (χ4v) is 3.40. The Labute approximate surface area is 118 Å². The molecule has 1 spiro atoms. The summed E-state index contributed by atoms with van der Waals surface area (Å²) in [4.78, 5) is 15.6. The molecule has 2 aromatic heterocycles. The highest BCUT2D eigenvalue weighted by Crippen LogP contribution is 2.38. The normalized spacial score (nSPS) is 26.5. The summed E-state index contributed by atoms with van der Waals surface area (Å²) in [5, 5.41) is 0. The molecular weight excluding hydrogens is 252 g/mol. The van der Waals surface area contributed by atoms with Crippen molar-refractivity contribution >= 4 is 17.0 Å². The van der Waals surface area contributed by atoms with Gasteiger partial charge in [-0.2, -0.15) is 0 Å². The molecule has 2 aliphatic heterocycles. The van der Waals surface area contributed by atoms with Crippen molar-refractivity contribution in [1.82, 2.24) is 15.0 Å². The first-order chi connectivity index (χ1) is 9.85. The minimum Gasteiger partial charge on any atom is -0.381 e. The van der Waals surface area contributed by atoms with Gasteiger partial charge in [0.15, 0.2) is 5.65 Å². The summed E-state index contributed by atoms with van der Waals surface area (Å²) in [5.41, 5.74) is 1.93. The third-order valence-electron chi connectivity index (χ3n) is 4.49. The summed E-state index contributed by atoms with van der Waals surface area (Å²) in [7, 11) is 0. The topological polar surface area (TPSA) is 51.1 Å². The van der Waals surface area contributed by atoms with Crippen LogP contribution >= 0.6 is 0 Å². The molecule has 0 radical (unpaired) electrons. The van der Waals surface area contributed by atoms with Gasteiger partial charge in [0.25, 0.3) is 0 Å². The minimum atomic E-state index is 0.344. The number of hydrogen-bond acceptors (Lipinski definition) is 5. The second kappa shape index (κ2) is 4.66. The van der Waals surface area contributed by atoms with Crippen molar-refractivity contribution in [3.63, 3.8) is 0 Å². The molecule has 1 unspecified atom stereocenters. The van der Waals surface area contributed by atoms with Crippen LogP contribution in [0.15, 0.2) is 24.5 Å². The molecule has 0 amide bonds. The molecule has 0 aromatic carbocycles. The van der Waals surface area contributed by atoms with Crippen molar-refractivity contribution in [1.29, 1.82) is 0 Å². The molecule has 5 heteroatoms. The van der Waals surface area contributed by atoms with Crippen molar-refractivity contribution in [2.75, 3.05) is 31.2 Å². The highest BCUT2D eigenvalue weighted by molar-refractivity contribution is 5.71. The summed E-state index contributed by atoms with van der Waals surface area (Å²) in [6.45, 7) is 3.92. The van der Waals surface area contributed by atoms with Gasteiger partial charge in [-0.15, -0.1) is 0 Å². The molecule has 1 atom stereocenters. The first-order valence-corrected chi connectivity index (χ1v) is 7.25. The molecule has 20 heavy (non-hydrogen) atoms. The average molecular weight is 270 g/mol. The second-order valence-electron chi connectivity index (χ2n) is 5.90. The van der Waals surface area contributed by atoms with Gasteiger partial charge in [0.1, 0.15) is 11.3 Å². The number of ether oxygens (including phenoxy) is 1. The van der Waals surface area contributed by atoms with Crippen molar-refractivity contribution in [2.24, 2.45) is 5.41 Å². The maximum atomic E-state index is 5.62. The van der Waals surface area contributed by atoms with Gasteiger partial charge < -0.3 is 9.64 Å². The van der Waals surface area contributed by atoms with Crippen LogP contribution in [0.3, 0.4) is 0 Å². The van der Waals surface area contributed by atoms with Crippen molar-refractivity contribution in [3.05, 3.63) is 24.5 Å². The lowest BCUT2D eigenvalue weighted by molar-refractivity contribution is 0.139. The van der Waals surface area contributed by atoms with Crippen molar-refractivity contribution in [2.45, 2.75) is 19.3 Å². The first-order valence-electron chi connectivity index (χ1n) is 7.25. The van der Waals surface area contributed by atoms with E-state index in [4.69, 9.17) is 4.74 Å². The van der Waals surface area contributed by atoms with E-state index in [1.54, 1.807) is 12.4 Å². The molecule has 104 valence electrons. The molecule has 0 bridgehead atoms. The van der Waals surface area contributed by atoms with Gasteiger partial charge in [0.2, 0.25) is 0 Å². The molecule has 2 saturated heterocycles. The Morgan fingerprint density at radius 2 is 2.10 bits per heavy atom. The van der Waals surface area contributed by atoms with Gasteiger partial charge in [0.05, 0.1) is 6.61 Å². The standard InChI is InChI=1S/C15H18N4O/c1-4-15(5-9-20-11-15)10-19(8-1)13-3-2-12-14(18-13)17-7-6-16-12/h2-3,6-7H,1,4-5,8-11H2. The molecule has 5 nitrogen and oxygen atoms in total. The van der Waals surface area contributed by atoms with E-state index in [2.05, 4.69) is 25.9 Å². The molecular formula is C15H18N4O. The zero-order valence-corrected chi connectivity index (χ0v) is 11.5. The largest absolute Gasteiger partial charge is 0.381 e. The van der Waals surface area contributed by atoms with E-state index in [0.29, 0.717) is 5.41 Å². The van der Waals surface area contributed by atoms with Gasteiger partial charge >= 0.3 is 0 Å². The summed E-state index contributed by atoms with van der Waals surface area (Å²) < 4.78 is 5.62. The number of anilines is 1. The lowest BCUT2D eigenvalue weighted by atomic mass is 9.79. The number of piperidine rings is 1. The van der Waals surface area contributed by atoms with Crippen LogP contribution in [-0.4, -0.2) is 41.3 Å². The summed E-state index contributed by atoms with van der Waals surface area (Å²) >= 11 is 0. The minimum absolute atomic E-state index is 0.344. The molecule has 4 rings (SSSR count). The first kappa shape index (κ1) is 12.0. The quantitative estimate of drug-likeness (QED) is 0.793. The van der Waals surface area contributed by atoms with Crippen LogP contribution in [-0.2, 0) is 4.74 Å². The fourth-order valence-electron chi connectivity index (χ4n) is 3.40. The summed E-state index contributed by atoms with van der Waals surface area (Å²) in [5.74, 6) is 1.02. The molecule has 0 saturated carbocycles. The van der Waals surface area contributed by atoms with E-state index in [9.17, 15) is 0 Å². The fraction of sp³-hybridized carbons (Fsp3) is 0.533. The number of pyridine rings is 1. The van der Waals surface area contributed by atoms with Gasteiger partial charge in [-0.1, -0.05) is 0 Å². The van der Waals surface area contributed by atoms with E-state index in [-0.39, 0.29) is 0 Å².